The lowest BCUT2D eigenvalue weighted by molar-refractivity contribution is -0.138. The topological polar surface area (TPSA) is 49.3 Å². The highest BCUT2D eigenvalue weighted by atomic mass is 32.2. The van der Waals surface area contributed by atoms with Crippen LogP contribution in [0.2, 0.25) is 0 Å². The van der Waals surface area contributed by atoms with Crippen molar-refractivity contribution in [3.63, 3.8) is 0 Å². The summed E-state index contributed by atoms with van der Waals surface area (Å²) in [6, 6.07) is 5.66. The Morgan fingerprint density at radius 1 is 1.56 bits per heavy atom. The van der Waals surface area contributed by atoms with Gasteiger partial charge in [0.1, 0.15) is 6.04 Å². The first kappa shape index (κ1) is 11.3. The van der Waals surface area contributed by atoms with Crippen molar-refractivity contribution in [3.8, 4) is 0 Å². The van der Waals surface area contributed by atoms with Crippen LogP contribution in [0, 0.1) is 0 Å². The third-order valence-electron chi connectivity index (χ3n) is 3.08. The van der Waals surface area contributed by atoms with Gasteiger partial charge in [-0.15, -0.1) is 11.8 Å². The van der Waals surface area contributed by atoms with E-state index < -0.39 is 12.0 Å². The van der Waals surface area contributed by atoms with Crippen LogP contribution in [0.3, 0.4) is 0 Å². The quantitative estimate of drug-likeness (QED) is 0.794. The van der Waals surface area contributed by atoms with Gasteiger partial charge in [0.2, 0.25) is 0 Å². The molecule has 16 heavy (non-hydrogen) atoms. The maximum atomic E-state index is 11.1. The fraction of sp³-hybridized carbons (Fsp3) is 0.417. The molecule has 0 amide bonds. The molecule has 1 aromatic carbocycles. The zero-order valence-corrected chi connectivity index (χ0v) is 10.2. The van der Waals surface area contributed by atoms with E-state index in [1.807, 2.05) is 25.3 Å². The number of hydrogen-bond acceptors (Lipinski definition) is 3. The fourth-order valence-corrected chi connectivity index (χ4v) is 2.69. The van der Waals surface area contributed by atoms with Gasteiger partial charge in [-0.3, -0.25) is 0 Å². The third kappa shape index (κ3) is 1.78. The summed E-state index contributed by atoms with van der Waals surface area (Å²) in [5.41, 5.74) is 2.11. The molecule has 2 N–H and O–H groups in total. The number of benzene rings is 1. The molecule has 0 saturated carbocycles. The van der Waals surface area contributed by atoms with Gasteiger partial charge in [-0.1, -0.05) is 13.0 Å². The normalized spacial score (nSPS) is 22.6. The molecule has 0 aliphatic carbocycles. The minimum atomic E-state index is -0.770. The monoisotopic (exact) mass is 237 g/mol. The Kier molecular flexibility index (Phi) is 3.10. The summed E-state index contributed by atoms with van der Waals surface area (Å²) in [6.45, 7) is 2.03. The van der Waals surface area contributed by atoms with E-state index in [0.717, 1.165) is 22.6 Å². The number of hydrogen-bond donors (Lipinski definition) is 2. The van der Waals surface area contributed by atoms with Crippen molar-refractivity contribution < 1.29 is 9.90 Å². The first-order valence-electron chi connectivity index (χ1n) is 5.34. The molecule has 0 aromatic heterocycles. The second-order valence-corrected chi connectivity index (χ2v) is 4.81. The molecule has 0 bridgehead atoms. The third-order valence-corrected chi connectivity index (χ3v) is 3.80. The maximum absolute atomic E-state index is 11.1. The zero-order valence-electron chi connectivity index (χ0n) is 9.36. The highest BCUT2D eigenvalue weighted by Crippen LogP contribution is 2.39. The van der Waals surface area contributed by atoms with Gasteiger partial charge >= 0.3 is 5.97 Å². The van der Waals surface area contributed by atoms with Crippen LogP contribution in [0.5, 0.6) is 0 Å². The number of carbonyl (C=O) groups is 1. The number of nitrogens with one attached hydrogen (secondary N) is 1. The highest BCUT2D eigenvalue weighted by Gasteiger charge is 2.35. The van der Waals surface area contributed by atoms with Crippen LogP contribution in [-0.4, -0.2) is 23.4 Å². The average Bonchev–Trinajstić information content (AvgIpc) is 2.66. The number of carboxylic acids is 1. The van der Waals surface area contributed by atoms with Gasteiger partial charge in [-0.25, -0.2) is 4.79 Å². The minimum absolute atomic E-state index is 0.0865. The van der Waals surface area contributed by atoms with E-state index >= 15 is 0 Å². The number of thioether (sulfide) groups is 1. The van der Waals surface area contributed by atoms with Gasteiger partial charge in [0.15, 0.2) is 0 Å². The lowest BCUT2D eigenvalue weighted by Crippen LogP contribution is -2.29. The Morgan fingerprint density at radius 3 is 2.88 bits per heavy atom. The fourth-order valence-electron chi connectivity index (χ4n) is 2.25. The van der Waals surface area contributed by atoms with Crippen molar-refractivity contribution in [2.45, 2.75) is 30.2 Å². The Hall–Kier alpha value is -1.16. The van der Waals surface area contributed by atoms with Crippen molar-refractivity contribution in [2.24, 2.45) is 0 Å². The molecule has 2 rings (SSSR count). The Labute approximate surface area is 99.2 Å². The molecule has 0 saturated heterocycles. The summed E-state index contributed by atoms with van der Waals surface area (Å²) in [5.74, 6) is -0.683. The van der Waals surface area contributed by atoms with Crippen molar-refractivity contribution >= 4 is 23.4 Å². The van der Waals surface area contributed by atoms with Gasteiger partial charge in [0.25, 0.3) is 0 Å². The first-order chi connectivity index (χ1) is 7.67. The van der Waals surface area contributed by atoms with Crippen molar-refractivity contribution in [1.82, 2.24) is 0 Å². The molecule has 1 aliphatic rings. The van der Waals surface area contributed by atoms with Crippen LogP contribution < -0.4 is 5.32 Å². The molecular weight excluding hydrogens is 222 g/mol. The molecule has 0 fully saturated rings. The molecule has 2 atom stereocenters. The highest BCUT2D eigenvalue weighted by molar-refractivity contribution is 7.98. The molecule has 0 spiro atoms. The molecule has 0 radical (unpaired) electrons. The summed E-state index contributed by atoms with van der Waals surface area (Å²) in [6.07, 6.45) is 2.86. The molecule has 1 aromatic rings. The van der Waals surface area contributed by atoms with E-state index in [9.17, 15) is 4.79 Å². The Morgan fingerprint density at radius 2 is 2.31 bits per heavy atom. The molecule has 86 valence electrons. The van der Waals surface area contributed by atoms with Crippen LogP contribution in [0.1, 0.15) is 24.8 Å². The lowest BCUT2D eigenvalue weighted by atomic mass is 9.93. The van der Waals surface area contributed by atoms with Crippen LogP contribution in [0.25, 0.3) is 0 Å². The minimum Gasteiger partial charge on any atom is -0.480 e. The van der Waals surface area contributed by atoms with E-state index in [4.69, 9.17) is 5.11 Å². The van der Waals surface area contributed by atoms with Gasteiger partial charge in [0, 0.05) is 16.5 Å². The number of anilines is 1. The van der Waals surface area contributed by atoms with Crippen LogP contribution in [-0.2, 0) is 4.79 Å². The van der Waals surface area contributed by atoms with Crippen molar-refractivity contribution in [3.05, 3.63) is 23.8 Å². The van der Waals surface area contributed by atoms with Gasteiger partial charge < -0.3 is 10.4 Å². The molecular formula is C12H15NO2S. The van der Waals surface area contributed by atoms with E-state index in [2.05, 4.69) is 11.4 Å². The molecule has 4 heteroatoms. The lowest BCUT2D eigenvalue weighted by Gasteiger charge is -2.13. The zero-order chi connectivity index (χ0) is 11.7. The van der Waals surface area contributed by atoms with E-state index in [1.165, 1.54) is 0 Å². The SMILES string of the molecule is CCC1c2ccc(SC)cc2NC1C(=O)O. The first-order valence-corrected chi connectivity index (χ1v) is 6.57. The Bertz CT molecular complexity index is 419. The smallest absolute Gasteiger partial charge is 0.326 e. The summed E-state index contributed by atoms with van der Waals surface area (Å²) < 4.78 is 0. The predicted octanol–water partition coefficient (Wildman–Crippen LogP) is 2.78. The maximum Gasteiger partial charge on any atom is 0.326 e. The van der Waals surface area contributed by atoms with E-state index in [1.54, 1.807) is 11.8 Å². The van der Waals surface area contributed by atoms with Gasteiger partial charge in [-0.05, 0) is 30.4 Å². The molecule has 3 nitrogen and oxygen atoms in total. The second-order valence-electron chi connectivity index (χ2n) is 3.93. The predicted molar refractivity (Wildman–Crippen MR) is 66.3 cm³/mol. The number of rotatable bonds is 3. The van der Waals surface area contributed by atoms with Gasteiger partial charge in [-0.2, -0.15) is 0 Å². The van der Waals surface area contributed by atoms with Crippen molar-refractivity contribution in [1.29, 1.82) is 0 Å². The molecule has 2 unspecified atom stereocenters. The molecule has 1 heterocycles. The second kappa shape index (κ2) is 4.37. The standard InChI is InChI=1S/C12H15NO2S/c1-3-8-9-5-4-7(16-2)6-10(9)13-11(8)12(14)15/h4-6,8,11,13H,3H2,1-2H3,(H,14,15). The van der Waals surface area contributed by atoms with E-state index in [-0.39, 0.29) is 5.92 Å². The summed E-state index contributed by atoms with van der Waals surface area (Å²) >= 11 is 1.67. The number of carboxylic acid groups (broad SMARTS) is 1. The van der Waals surface area contributed by atoms with Gasteiger partial charge in [0.05, 0.1) is 0 Å². The largest absolute Gasteiger partial charge is 0.480 e. The van der Waals surface area contributed by atoms with Crippen molar-refractivity contribution in [2.75, 3.05) is 11.6 Å². The number of fused-ring (bicyclic) bond motifs is 1. The number of aliphatic carboxylic acids is 1. The van der Waals surface area contributed by atoms with Crippen LogP contribution in [0.4, 0.5) is 5.69 Å². The summed E-state index contributed by atoms with van der Waals surface area (Å²) in [7, 11) is 0. The molecule has 1 aliphatic heterocycles. The summed E-state index contributed by atoms with van der Waals surface area (Å²) in [5, 5.41) is 12.2. The average molecular weight is 237 g/mol. The Balaban J connectivity index is 2.38. The van der Waals surface area contributed by atoms with Crippen LogP contribution in [0.15, 0.2) is 23.1 Å². The summed E-state index contributed by atoms with van der Waals surface area (Å²) in [4.78, 5) is 12.3. The van der Waals surface area contributed by atoms with E-state index in [0.29, 0.717) is 0 Å². The van der Waals surface area contributed by atoms with Crippen LogP contribution >= 0.6 is 11.8 Å².